The van der Waals surface area contributed by atoms with Crippen molar-refractivity contribution in [1.29, 1.82) is 0 Å². The van der Waals surface area contributed by atoms with Gasteiger partial charge in [-0.2, -0.15) is 0 Å². The maximum absolute atomic E-state index is 5.29. The third kappa shape index (κ3) is 1.04. The smallest absolute Gasteiger partial charge is 0.0207 e. The number of hydrogen-bond acceptors (Lipinski definition) is 4. The molecule has 2 N–H and O–H groups in total. The minimum Gasteiger partial charge on any atom is -0.249 e. The van der Waals surface area contributed by atoms with Gasteiger partial charge in [0.2, 0.25) is 0 Å². The molecule has 0 aliphatic carbocycles. The van der Waals surface area contributed by atoms with Gasteiger partial charge in [-0.25, -0.2) is 5.84 Å². The van der Waals surface area contributed by atoms with Gasteiger partial charge in [-0.05, 0) is 0 Å². The second-order valence-electron chi connectivity index (χ2n) is 0.952. The van der Waals surface area contributed by atoms with Crippen LogP contribution in [0.1, 0.15) is 0 Å². The lowest BCUT2D eigenvalue weighted by molar-refractivity contribution is 0.830. The highest BCUT2D eigenvalue weighted by Crippen LogP contribution is 2.24. The summed E-state index contributed by atoms with van der Waals surface area (Å²) in [5, 5.41) is 0. The Balaban J connectivity index is 2.18. The van der Waals surface area contributed by atoms with Crippen LogP contribution in [0.2, 0.25) is 0 Å². The zero-order valence-electron chi connectivity index (χ0n) is 3.26. The molecule has 4 heteroatoms. The number of hydrogen-bond donors (Lipinski definition) is 1. The van der Waals surface area contributed by atoms with Gasteiger partial charge in [-0.3, -0.25) is 0 Å². The van der Waals surface area contributed by atoms with Crippen LogP contribution < -0.4 is 5.84 Å². The molecule has 0 bridgehead atoms. The van der Waals surface area contributed by atoms with Gasteiger partial charge in [0.1, 0.15) is 0 Å². The number of rotatable bonds is 0. The summed E-state index contributed by atoms with van der Waals surface area (Å²) in [7, 11) is 0. The Morgan fingerprint density at radius 2 is 1.83 bits per heavy atom. The van der Waals surface area contributed by atoms with Crippen molar-refractivity contribution in [3.05, 3.63) is 0 Å². The Morgan fingerprint density at radius 3 is 2.00 bits per heavy atom. The lowest BCUT2D eigenvalue weighted by Crippen LogP contribution is -2.09. The van der Waals surface area contributed by atoms with E-state index in [1.54, 1.807) is 27.7 Å². The summed E-state index contributed by atoms with van der Waals surface area (Å²) in [6.45, 7) is 0. The van der Waals surface area contributed by atoms with Gasteiger partial charge >= 0.3 is 0 Å². The fourth-order valence-corrected chi connectivity index (χ4v) is 1.99. The summed E-state index contributed by atoms with van der Waals surface area (Å²) in [6.07, 6.45) is 0. The van der Waals surface area contributed by atoms with Crippen LogP contribution in [0.3, 0.4) is 0 Å². The highest BCUT2D eigenvalue weighted by Gasteiger charge is 2.06. The average Bonchev–Trinajstić information content (AvgIpc) is 1.86. The van der Waals surface area contributed by atoms with Crippen molar-refractivity contribution in [2.24, 2.45) is 5.84 Å². The van der Waals surface area contributed by atoms with Crippen LogP contribution in [-0.4, -0.2) is 15.3 Å². The Hall–Kier alpha value is 0.620. The number of hydrazine groups is 1. The second-order valence-corrected chi connectivity index (χ2v) is 3.30. The van der Waals surface area contributed by atoms with E-state index in [0.717, 1.165) is 0 Å². The van der Waals surface area contributed by atoms with Crippen LogP contribution in [-0.2, 0) is 0 Å². The largest absolute Gasteiger partial charge is 0.249 e. The molecule has 0 spiro atoms. The molecule has 1 rings (SSSR count). The molecule has 6 heavy (non-hydrogen) atoms. The summed E-state index contributed by atoms with van der Waals surface area (Å²) < 4.78 is 1.69. The van der Waals surface area contributed by atoms with Crippen LogP contribution in [0.25, 0.3) is 0 Å². The Kier molecular flexibility index (Phi) is 1.64. The van der Waals surface area contributed by atoms with Crippen molar-refractivity contribution in [1.82, 2.24) is 3.82 Å². The van der Waals surface area contributed by atoms with Gasteiger partial charge in [0.15, 0.2) is 0 Å². The third-order valence-electron chi connectivity index (χ3n) is 0.520. The van der Waals surface area contributed by atoms with Crippen molar-refractivity contribution < 1.29 is 0 Å². The zero-order valence-corrected chi connectivity index (χ0v) is 4.89. The Labute approximate surface area is 45.7 Å². The summed E-state index contributed by atoms with van der Waals surface area (Å²) in [5.74, 6) is 7.63. The predicted octanol–water partition coefficient (Wildman–Crippen LogP) is 0.472. The fourth-order valence-electron chi connectivity index (χ4n) is 0.292. The van der Waals surface area contributed by atoms with E-state index >= 15 is 0 Å². The molecule has 1 aliphatic heterocycles. The van der Waals surface area contributed by atoms with E-state index in [4.69, 9.17) is 5.84 Å². The molecule has 0 atom stereocenters. The molecule has 0 aromatic heterocycles. The van der Waals surface area contributed by atoms with Crippen molar-refractivity contribution in [2.45, 2.75) is 0 Å². The highest BCUT2D eigenvalue weighted by atomic mass is 32.2. The minimum atomic E-state index is 1.17. The summed E-state index contributed by atoms with van der Waals surface area (Å²) in [5.41, 5.74) is 0. The van der Waals surface area contributed by atoms with Crippen molar-refractivity contribution in [3.8, 4) is 0 Å². The van der Waals surface area contributed by atoms with Gasteiger partial charge in [0.05, 0.1) is 0 Å². The van der Waals surface area contributed by atoms with Gasteiger partial charge in [0.25, 0.3) is 0 Å². The lowest BCUT2D eigenvalue weighted by atomic mass is 11.0. The first-order valence-corrected chi connectivity index (χ1v) is 3.59. The Morgan fingerprint density at radius 1 is 1.33 bits per heavy atom. The molecule has 0 unspecified atom stereocenters. The summed E-state index contributed by atoms with van der Waals surface area (Å²) in [4.78, 5) is 0. The van der Waals surface area contributed by atoms with Crippen LogP contribution in [0, 0.1) is 0 Å². The first-order valence-electron chi connectivity index (χ1n) is 1.70. The first kappa shape index (κ1) is 4.77. The first-order chi connectivity index (χ1) is 2.89. The topological polar surface area (TPSA) is 29.3 Å². The number of nitrogens with zero attached hydrogens (tertiary/aromatic N) is 1. The van der Waals surface area contributed by atoms with Gasteiger partial charge < -0.3 is 0 Å². The van der Waals surface area contributed by atoms with E-state index < -0.39 is 0 Å². The SMILES string of the molecule is NN1SCCS1. The van der Waals surface area contributed by atoms with Gasteiger partial charge in [-0.15, -0.1) is 3.82 Å². The van der Waals surface area contributed by atoms with Crippen LogP contribution in [0.4, 0.5) is 0 Å². The fraction of sp³-hybridized carbons (Fsp3) is 1.00. The number of nitrogens with two attached hydrogens (primary N) is 1. The van der Waals surface area contributed by atoms with Crippen LogP contribution in [0.15, 0.2) is 0 Å². The van der Waals surface area contributed by atoms with Crippen molar-refractivity contribution >= 4 is 23.9 Å². The lowest BCUT2D eigenvalue weighted by Gasteiger charge is -1.97. The molecule has 0 radical (unpaired) electrons. The molecule has 0 saturated carbocycles. The Bertz CT molecular complexity index is 42.8. The molecule has 0 aromatic rings. The molecule has 1 fully saturated rings. The van der Waals surface area contributed by atoms with Crippen molar-refractivity contribution in [3.63, 3.8) is 0 Å². The molecule has 0 aromatic carbocycles. The quantitative estimate of drug-likeness (QED) is 0.373. The van der Waals surface area contributed by atoms with E-state index in [0.29, 0.717) is 0 Å². The molecule has 36 valence electrons. The second kappa shape index (κ2) is 2.07. The van der Waals surface area contributed by atoms with E-state index in [2.05, 4.69) is 0 Å². The van der Waals surface area contributed by atoms with E-state index in [9.17, 15) is 0 Å². The van der Waals surface area contributed by atoms with Crippen LogP contribution in [0.5, 0.6) is 0 Å². The van der Waals surface area contributed by atoms with Gasteiger partial charge in [-0.1, -0.05) is 23.9 Å². The monoisotopic (exact) mass is 122 g/mol. The van der Waals surface area contributed by atoms with E-state index in [1.807, 2.05) is 0 Å². The van der Waals surface area contributed by atoms with E-state index in [1.165, 1.54) is 11.5 Å². The highest BCUT2D eigenvalue weighted by molar-refractivity contribution is 8.15. The van der Waals surface area contributed by atoms with E-state index in [-0.39, 0.29) is 0 Å². The summed E-state index contributed by atoms with van der Waals surface area (Å²) >= 11 is 3.34. The maximum atomic E-state index is 5.29. The molecule has 1 aliphatic rings. The van der Waals surface area contributed by atoms with Crippen molar-refractivity contribution in [2.75, 3.05) is 11.5 Å². The molecular weight excluding hydrogens is 116 g/mol. The molecular formula is C2H6N2S2. The minimum absolute atomic E-state index is 1.17. The molecule has 1 saturated heterocycles. The van der Waals surface area contributed by atoms with Crippen LogP contribution >= 0.6 is 23.9 Å². The third-order valence-corrected chi connectivity index (χ3v) is 2.69. The maximum Gasteiger partial charge on any atom is 0.0207 e. The molecule has 0 amide bonds. The zero-order chi connectivity index (χ0) is 4.41. The average molecular weight is 122 g/mol. The predicted molar refractivity (Wildman–Crippen MR) is 30.9 cm³/mol. The standard InChI is InChI=1S/C2H6N2S2/c3-4-5-1-2-6-4/h1-3H2. The molecule has 1 heterocycles. The normalized spacial score (nSPS) is 25.5. The summed E-state index contributed by atoms with van der Waals surface area (Å²) in [6, 6.07) is 0. The molecule has 2 nitrogen and oxygen atoms in total. The van der Waals surface area contributed by atoms with Gasteiger partial charge in [0, 0.05) is 11.5 Å².